The summed E-state index contributed by atoms with van der Waals surface area (Å²) in [6.07, 6.45) is 1.93. The van der Waals surface area contributed by atoms with E-state index in [0.717, 1.165) is 0 Å². The molecule has 0 radical (unpaired) electrons. The highest BCUT2D eigenvalue weighted by Crippen LogP contribution is 2.10. The van der Waals surface area contributed by atoms with Gasteiger partial charge in [0.1, 0.15) is 0 Å². The normalized spacial score (nSPS) is 17.4. The third-order valence-corrected chi connectivity index (χ3v) is 3.37. The van der Waals surface area contributed by atoms with Crippen LogP contribution in [0.15, 0.2) is 0 Å². The second kappa shape index (κ2) is 7.09. The van der Waals surface area contributed by atoms with Gasteiger partial charge in [0.15, 0.2) is 0 Å². The fraction of sp³-hybridized carbons (Fsp3) is 0.889. The molecule has 3 atom stereocenters. The first kappa shape index (κ1) is 13.7. The number of hydrogen-bond acceptors (Lipinski definition) is 4. The zero-order valence-corrected chi connectivity index (χ0v) is 9.67. The van der Waals surface area contributed by atoms with E-state index < -0.39 is 11.9 Å². The molecule has 0 rings (SSSR count). The Morgan fingerprint density at radius 2 is 2.07 bits per heavy atom. The number of hydrogen-bond donors (Lipinski definition) is 3. The van der Waals surface area contributed by atoms with Crippen molar-refractivity contribution >= 4 is 17.7 Å². The van der Waals surface area contributed by atoms with Crippen LogP contribution in [0.1, 0.15) is 13.8 Å². The molecule has 0 aliphatic rings. The predicted octanol–water partition coefficient (Wildman–Crippen LogP) is 0.409. The highest BCUT2D eigenvalue weighted by Gasteiger charge is 2.17. The maximum absolute atomic E-state index is 10.5. The van der Waals surface area contributed by atoms with Gasteiger partial charge in [-0.25, -0.2) is 0 Å². The van der Waals surface area contributed by atoms with Crippen LogP contribution in [0.25, 0.3) is 0 Å². The van der Waals surface area contributed by atoms with Gasteiger partial charge in [-0.3, -0.25) is 4.79 Å². The Kier molecular flexibility index (Phi) is 6.96. The fourth-order valence-electron chi connectivity index (χ4n) is 1.02. The van der Waals surface area contributed by atoms with Crippen LogP contribution in [0.4, 0.5) is 0 Å². The summed E-state index contributed by atoms with van der Waals surface area (Å²) in [5, 5.41) is 20.9. The maximum Gasteiger partial charge on any atom is 0.307 e. The molecule has 3 unspecified atom stereocenters. The lowest BCUT2D eigenvalue weighted by Crippen LogP contribution is -2.40. The van der Waals surface area contributed by atoms with Gasteiger partial charge in [0.2, 0.25) is 0 Å². The Balaban J connectivity index is 3.82. The van der Waals surface area contributed by atoms with E-state index in [2.05, 4.69) is 5.32 Å². The summed E-state index contributed by atoms with van der Waals surface area (Å²) in [5.74, 6) is -1.19. The Hall–Kier alpha value is -0.260. The molecule has 4 nitrogen and oxygen atoms in total. The zero-order chi connectivity index (χ0) is 11.1. The van der Waals surface area contributed by atoms with Gasteiger partial charge in [0.05, 0.1) is 12.5 Å². The smallest absolute Gasteiger partial charge is 0.307 e. The van der Waals surface area contributed by atoms with Crippen molar-refractivity contribution in [1.29, 1.82) is 0 Å². The molecule has 0 spiro atoms. The highest BCUT2D eigenvalue weighted by molar-refractivity contribution is 7.99. The zero-order valence-electron chi connectivity index (χ0n) is 8.86. The van der Waals surface area contributed by atoms with Crippen LogP contribution in [0, 0.1) is 5.92 Å². The Morgan fingerprint density at radius 3 is 2.43 bits per heavy atom. The van der Waals surface area contributed by atoms with E-state index in [1.54, 1.807) is 18.7 Å². The minimum absolute atomic E-state index is 0.108. The summed E-state index contributed by atoms with van der Waals surface area (Å²) in [6, 6.07) is 0.122. The lowest BCUT2D eigenvalue weighted by atomic mass is 10.1. The van der Waals surface area contributed by atoms with Crippen molar-refractivity contribution in [2.75, 3.05) is 19.4 Å². The largest absolute Gasteiger partial charge is 0.481 e. The Bertz CT molecular complexity index is 173. The van der Waals surface area contributed by atoms with Crippen LogP contribution >= 0.6 is 11.8 Å². The topological polar surface area (TPSA) is 69.6 Å². The standard InChI is InChI=1S/C9H19NO3S/c1-6(9(12)13)4-10-7(2)8(5-11)14-3/h6-8,10-11H,4-5H2,1-3H3,(H,12,13). The van der Waals surface area contributed by atoms with E-state index >= 15 is 0 Å². The number of carboxylic acids is 1. The lowest BCUT2D eigenvalue weighted by Gasteiger charge is -2.22. The quantitative estimate of drug-likeness (QED) is 0.581. The van der Waals surface area contributed by atoms with E-state index in [9.17, 15) is 4.79 Å². The van der Waals surface area contributed by atoms with Crippen molar-refractivity contribution in [3.63, 3.8) is 0 Å². The molecule has 0 amide bonds. The van der Waals surface area contributed by atoms with Gasteiger partial charge in [0.25, 0.3) is 0 Å². The predicted molar refractivity (Wildman–Crippen MR) is 58.7 cm³/mol. The fourth-order valence-corrected chi connectivity index (χ4v) is 1.67. The van der Waals surface area contributed by atoms with Gasteiger partial charge in [-0.05, 0) is 13.2 Å². The number of aliphatic hydroxyl groups is 1. The molecule has 5 heteroatoms. The number of aliphatic carboxylic acids is 1. The van der Waals surface area contributed by atoms with Crippen LogP contribution in [-0.2, 0) is 4.79 Å². The number of nitrogens with one attached hydrogen (secondary N) is 1. The lowest BCUT2D eigenvalue weighted by molar-refractivity contribution is -0.140. The molecule has 0 aliphatic carbocycles. The molecular formula is C9H19NO3S. The minimum Gasteiger partial charge on any atom is -0.481 e. The average molecular weight is 221 g/mol. The highest BCUT2D eigenvalue weighted by atomic mass is 32.2. The molecule has 84 valence electrons. The van der Waals surface area contributed by atoms with E-state index in [-0.39, 0.29) is 17.9 Å². The van der Waals surface area contributed by atoms with Crippen molar-refractivity contribution < 1.29 is 15.0 Å². The molecule has 0 aliphatic heterocycles. The van der Waals surface area contributed by atoms with Gasteiger partial charge >= 0.3 is 5.97 Å². The Labute approximate surface area is 89.1 Å². The van der Waals surface area contributed by atoms with Gasteiger partial charge in [-0.1, -0.05) is 6.92 Å². The SMILES string of the molecule is CSC(CO)C(C)NCC(C)C(=O)O. The summed E-state index contributed by atoms with van der Waals surface area (Å²) in [5.41, 5.74) is 0. The maximum atomic E-state index is 10.5. The van der Waals surface area contributed by atoms with Crippen molar-refractivity contribution in [2.24, 2.45) is 5.92 Å². The number of thioether (sulfide) groups is 1. The van der Waals surface area contributed by atoms with E-state index in [4.69, 9.17) is 10.2 Å². The third kappa shape index (κ3) is 4.83. The molecular weight excluding hydrogens is 202 g/mol. The number of aliphatic hydroxyl groups excluding tert-OH is 1. The molecule has 0 aromatic rings. The molecule has 0 aromatic carbocycles. The van der Waals surface area contributed by atoms with Crippen molar-refractivity contribution in [2.45, 2.75) is 25.1 Å². The van der Waals surface area contributed by atoms with E-state index in [1.165, 1.54) is 0 Å². The van der Waals surface area contributed by atoms with Crippen molar-refractivity contribution in [3.05, 3.63) is 0 Å². The third-order valence-electron chi connectivity index (χ3n) is 2.21. The molecule has 0 bridgehead atoms. The molecule has 3 N–H and O–H groups in total. The number of carbonyl (C=O) groups is 1. The molecule has 0 saturated carbocycles. The van der Waals surface area contributed by atoms with Crippen LogP contribution < -0.4 is 5.32 Å². The molecule has 0 fully saturated rings. The number of carboxylic acid groups (broad SMARTS) is 1. The van der Waals surface area contributed by atoms with Crippen LogP contribution in [0.5, 0.6) is 0 Å². The van der Waals surface area contributed by atoms with Crippen LogP contribution in [-0.4, -0.2) is 46.9 Å². The number of rotatable bonds is 7. The van der Waals surface area contributed by atoms with E-state index in [0.29, 0.717) is 6.54 Å². The van der Waals surface area contributed by atoms with Gasteiger partial charge in [-0.15, -0.1) is 0 Å². The monoisotopic (exact) mass is 221 g/mol. The van der Waals surface area contributed by atoms with Crippen LogP contribution in [0.2, 0.25) is 0 Å². The summed E-state index contributed by atoms with van der Waals surface area (Å²) in [4.78, 5) is 10.5. The molecule has 0 aromatic heterocycles. The first-order chi connectivity index (χ1) is 6.52. The van der Waals surface area contributed by atoms with Gasteiger partial charge in [0, 0.05) is 17.8 Å². The second-order valence-corrected chi connectivity index (χ2v) is 4.47. The summed E-state index contributed by atoms with van der Waals surface area (Å²) >= 11 is 1.58. The Morgan fingerprint density at radius 1 is 1.50 bits per heavy atom. The molecule has 14 heavy (non-hydrogen) atoms. The van der Waals surface area contributed by atoms with Gasteiger partial charge in [-0.2, -0.15) is 11.8 Å². The van der Waals surface area contributed by atoms with Crippen molar-refractivity contribution in [1.82, 2.24) is 5.32 Å². The first-order valence-corrected chi connectivity index (χ1v) is 5.91. The molecule has 0 heterocycles. The minimum atomic E-state index is -0.797. The summed E-state index contributed by atoms with van der Waals surface area (Å²) in [6.45, 7) is 4.16. The van der Waals surface area contributed by atoms with Gasteiger partial charge < -0.3 is 15.5 Å². The summed E-state index contributed by atoms with van der Waals surface area (Å²) in [7, 11) is 0. The van der Waals surface area contributed by atoms with E-state index in [1.807, 2.05) is 13.2 Å². The second-order valence-electron chi connectivity index (χ2n) is 3.39. The first-order valence-electron chi connectivity index (χ1n) is 4.62. The van der Waals surface area contributed by atoms with Crippen LogP contribution in [0.3, 0.4) is 0 Å². The van der Waals surface area contributed by atoms with Crippen molar-refractivity contribution in [3.8, 4) is 0 Å². The molecule has 0 saturated heterocycles. The average Bonchev–Trinajstić information content (AvgIpc) is 2.15. The summed E-state index contributed by atoms with van der Waals surface area (Å²) < 4.78 is 0.